The predicted octanol–water partition coefficient (Wildman–Crippen LogP) is 4.15. The summed E-state index contributed by atoms with van der Waals surface area (Å²) in [6.45, 7) is 7.77. The van der Waals surface area contributed by atoms with Crippen molar-refractivity contribution in [3.05, 3.63) is 69.7 Å². The fourth-order valence-electron chi connectivity index (χ4n) is 3.28. The van der Waals surface area contributed by atoms with Crippen molar-refractivity contribution in [2.24, 2.45) is 0 Å². The van der Waals surface area contributed by atoms with E-state index in [2.05, 4.69) is 15.0 Å². The number of sulfonamides is 1. The number of carbonyl (C=O) groups excluding carboxylic acids is 1. The smallest absolute Gasteiger partial charge is 0.278 e. The predicted molar refractivity (Wildman–Crippen MR) is 126 cm³/mol. The summed E-state index contributed by atoms with van der Waals surface area (Å²) in [5.74, 6) is 0.436. The van der Waals surface area contributed by atoms with Crippen molar-refractivity contribution >= 4 is 27.3 Å². The molecule has 3 rings (SSSR count). The van der Waals surface area contributed by atoms with Crippen LogP contribution in [-0.2, 0) is 21.4 Å². The maximum absolute atomic E-state index is 12.8. The molecular weight excluding hydrogens is 446 g/mol. The Morgan fingerprint density at radius 2 is 1.72 bits per heavy atom. The third kappa shape index (κ3) is 5.93. The molecule has 9 heteroatoms. The molecule has 1 aromatic heterocycles. The van der Waals surface area contributed by atoms with Crippen LogP contribution < -0.4 is 14.8 Å². The molecule has 0 radical (unpaired) electrons. The van der Waals surface area contributed by atoms with Crippen molar-refractivity contribution < 1.29 is 17.9 Å². The van der Waals surface area contributed by atoms with Crippen molar-refractivity contribution in [3.8, 4) is 10.9 Å². The van der Waals surface area contributed by atoms with Gasteiger partial charge in [0.15, 0.2) is 0 Å². The topological polar surface area (TPSA) is 97.4 Å². The zero-order valence-corrected chi connectivity index (χ0v) is 20.2. The largest absolute Gasteiger partial charge is 0.431 e. The molecule has 170 valence electrons. The highest BCUT2D eigenvalue weighted by atomic mass is 32.2. The number of amides is 1. The SMILES string of the molecule is Cc1cc(C)c(C)c(S(=O)(=O)NCCC(=O)NCc2ccc(Oc3nccs3)cc2)c1C. The number of hydrogen-bond acceptors (Lipinski definition) is 6. The molecule has 0 aliphatic carbocycles. The molecule has 0 aliphatic heterocycles. The van der Waals surface area contributed by atoms with Gasteiger partial charge in [0.1, 0.15) is 5.75 Å². The minimum atomic E-state index is -3.70. The number of aryl methyl sites for hydroxylation is 2. The summed E-state index contributed by atoms with van der Waals surface area (Å²) >= 11 is 1.41. The van der Waals surface area contributed by atoms with Crippen LogP contribution in [0.3, 0.4) is 0 Å². The quantitative estimate of drug-likeness (QED) is 0.486. The van der Waals surface area contributed by atoms with E-state index in [-0.39, 0.29) is 18.9 Å². The molecule has 7 nitrogen and oxygen atoms in total. The second-order valence-electron chi connectivity index (χ2n) is 7.56. The van der Waals surface area contributed by atoms with Crippen LogP contribution in [0.15, 0.2) is 46.8 Å². The lowest BCUT2D eigenvalue weighted by atomic mass is 10.0. The first kappa shape index (κ1) is 23.9. The lowest BCUT2D eigenvalue weighted by Crippen LogP contribution is -2.31. The molecule has 3 aromatic rings. The minimum absolute atomic E-state index is 0.0284. The number of hydrogen-bond donors (Lipinski definition) is 2. The molecule has 2 aromatic carbocycles. The summed E-state index contributed by atoms with van der Waals surface area (Å²) in [5, 5.41) is 5.21. The van der Waals surface area contributed by atoms with Gasteiger partial charge in [-0.25, -0.2) is 18.1 Å². The van der Waals surface area contributed by atoms with E-state index in [9.17, 15) is 13.2 Å². The number of nitrogens with one attached hydrogen (secondary N) is 2. The number of ether oxygens (including phenoxy) is 1. The first-order valence-corrected chi connectivity index (χ1v) is 12.5. The zero-order valence-electron chi connectivity index (χ0n) is 18.6. The van der Waals surface area contributed by atoms with Gasteiger partial charge >= 0.3 is 0 Å². The van der Waals surface area contributed by atoms with Crippen LogP contribution in [0.1, 0.15) is 34.2 Å². The van der Waals surface area contributed by atoms with Gasteiger partial charge in [-0.3, -0.25) is 4.79 Å². The van der Waals surface area contributed by atoms with E-state index >= 15 is 0 Å². The summed E-state index contributed by atoms with van der Waals surface area (Å²) in [6.07, 6.45) is 1.72. The van der Waals surface area contributed by atoms with Gasteiger partial charge in [-0.1, -0.05) is 29.5 Å². The maximum Gasteiger partial charge on any atom is 0.278 e. The number of aromatic nitrogens is 1. The second-order valence-corrected chi connectivity index (χ2v) is 10.1. The molecule has 0 spiro atoms. The zero-order chi connectivity index (χ0) is 23.3. The standard InChI is InChI=1S/C23H27N3O4S2/c1-15-13-16(2)18(4)22(17(15)3)32(28,29)26-10-9-21(27)25-14-19-5-7-20(8-6-19)30-23-24-11-12-31-23/h5-8,11-13,26H,9-10,14H2,1-4H3,(H,25,27). The van der Waals surface area contributed by atoms with Crippen molar-refractivity contribution in [3.63, 3.8) is 0 Å². The van der Waals surface area contributed by atoms with Crippen LogP contribution in [0.2, 0.25) is 0 Å². The molecule has 0 unspecified atom stereocenters. The summed E-state index contributed by atoms with van der Waals surface area (Å²) in [7, 11) is -3.70. The van der Waals surface area contributed by atoms with Gasteiger partial charge in [-0.05, 0) is 67.6 Å². The molecule has 2 N–H and O–H groups in total. The third-order valence-corrected chi connectivity index (χ3v) is 7.62. The molecule has 1 heterocycles. The molecule has 0 saturated carbocycles. The fourth-order valence-corrected chi connectivity index (χ4v) is 5.43. The molecule has 1 amide bonds. The summed E-state index contributed by atoms with van der Waals surface area (Å²) in [5.41, 5.74) is 4.22. The van der Waals surface area contributed by atoms with Crippen molar-refractivity contribution in [1.29, 1.82) is 0 Å². The Labute approximate surface area is 192 Å². The molecule has 32 heavy (non-hydrogen) atoms. The van der Waals surface area contributed by atoms with Gasteiger partial charge in [0.25, 0.3) is 5.19 Å². The monoisotopic (exact) mass is 473 g/mol. The maximum atomic E-state index is 12.8. The number of benzene rings is 2. The minimum Gasteiger partial charge on any atom is -0.431 e. The summed E-state index contributed by atoms with van der Waals surface area (Å²) in [4.78, 5) is 16.6. The first-order valence-electron chi connectivity index (χ1n) is 10.2. The normalized spacial score (nSPS) is 11.4. The van der Waals surface area contributed by atoms with Gasteiger partial charge in [-0.15, -0.1) is 0 Å². The summed E-state index contributed by atoms with van der Waals surface area (Å²) < 4.78 is 33.8. The molecule has 0 bridgehead atoms. The van der Waals surface area contributed by atoms with E-state index in [1.807, 2.05) is 49.6 Å². The Morgan fingerprint density at radius 1 is 1.06 bits per heavy atom. The Balaban J connectivity index is 1.49. The Kier molecular flexibility index (Phi) is 7.65. The van der Waals surface area contributed by atoms with Gasteiger partial charge in [0, 0.05) is 31.1 Å². The van der Waals surface area contributed by atoms with Gasteiger partial charge in [0.2, 0.25) is 15.9 Å². The number of carbonyl (C=O) groups is 1. The van der Waals surface area contributed by atoms with E-state index in [1.54, 1.807) is 20.0 Å². The average Bonchev–Trinajstić information content (AvgIpc) is 3.25. The first-order chi connectivity index (χ1) is 15.2. The van der Waals surface area contributed by atoms with Crippen LogP contribution in [0, 0.1) is 27.7 Å². The van der Waals surface area contributed by atoms with Crippen molar-refractivity contribution in [2.75, 3.05) is 6.54 Å². The summed E-state index contributed by atoms with van der Waals surface area (Å²) in [6, 6.07) is 9.32. The lowest BCUT2D eigenvalue weighted by Gasteiger charge is -2.16. The van der Waals surface area contributed by atoms with Gasteiger partial charge < -0.3 is 10.1 Å². The molecular formula is C23H27N3O4S2. The second kappa shape index (κ2) is 10.2. The number of nitrogens with zero attached hydrogens (tertiary/aromatic N) is 1. The average molecular weight is 474 g/mol. The van der Waals surface area contributed by atoms with Crippen LogP contribution >= 0.6 is 11.3 Å². The van der Waals surface area contributed by atoms with Crippen molar-refractivity contribution in [2.45, 2.75) is 45.6 Å². The molecule has 0 saturated heterocycles. The van der Waals surface area contributed by atoms with Crippen LogP contribution in [0.5, 0.6) is 10.9 Å². The molecule has 0 aliphatic rings. The van der Waals surface area contributed by atoms with Gasteiger partial charge in [-0.2, -0.15) is 0 Å². The van der Waals surface area contributed by atoms with Crippen molar-refractivity contribution in [1.82, 2.24) is 15.0 Å². The highest BCUT2D eigenvalue weighted by Crippen LogP contribution is 2.26. The van der Waals surface area contributed by atoms with E-state index in [0.717, 1.165) is 27.8 Å². The fraction of sp³-hybridized carbons (Fsp3) is 0.304. The number of thiazole rings is 1. The van der Waals surface area contributed by atoms with Crippen LogP contribution in [-0.4, -0.2) is 25.9 Å². The Bertz CT molecular complexity index is 1160. The Morgan fingerprint density at radius 3 is 2.31 bits per heavy atom. The third-order valence-electron chi connectivity index (χ3n) is 5.24. The van der Waals surface area contributed by atoms with Gasteiger partial charge in [0.05, 0.1) is 4.90 Å². The Hall–Kier alpha value is -2.75. The molecule has 0 fully saturated rings. The number of rotatable bonds is 9. The van der Waals surface area contributed by atoms with E-state index in [4.69, 9.17) is 4.74 Å². The van der Waals surface area contributed by atoms with E-state index in [0.29, 0.717) is 22.4 Å². The van der Waals surface area contributed by atoms with Crippen LogP contribution in [0.4, 0.5) is 0 Å². The van der Waals surface area contributed by atoms with Crippen LogP contribution in [0.25, 0.3) is 0 Å². The van der Waals surface area contributed by atoms with E-state index < -0.39 is 10.0 Å². The highest BCUT2D eigenvalue weighted by Gasteiger charge is 2.21. The van der Waals surface area contributed by atoms with E-state index in [1.165, 1.54) is 11.3 Å². The molecule has 0 atom stereocenters. The highest BCUT2D eigenvalue weighted by molar-refractivity contribution is 7.89. The lowest BCUT2D eigenvalue weighted by molar-refractivity contribution is -0.121.